The van der Waals surface area contributed by atoms with Crippen LogP contribution in [0.1, 0.15) is 64.9 Å². The standard InChI is InChI=1S/C27H31N3O5/c1-17-8-6-11-21(19(17)3)30(24(31)16-28-26(32)23-12-7-15-34-23)25(22-14-13-18(2)35-22)27(33)29-20-9-4-5-10-20/h6-8,11-15,20,25H,4-5,9-10,16H2,1-3H3,(H,28,32)(H,29,33)/t25-/m1/s1. The van der Waals surface area contributed by atoms with Crippen molar-refractivity contribution in [1.82, 2.24) is 10.6 Å². The van der Waals surface area contributed by atoms with Gasteiger partial charge in [0.05, 0.1) is 12.8 Å². The molecule has 1 fully saturated rings. The molecule has 0 bridgehead atoms. The predicted molar refractivity (Wildman–Crippen MR) is 131 cm³/mol. The molecule has 0 saturated heterocycles. The minimum absolute atomic E-state index is 0.0651. The van der Waals surface area contributed by atoms with Crippen molar-refractivity contribution in [1.29, 1.82) is 0 Å². The highest BCUT2D eigenvalue weighted by Crippen LogP contribution is 2.33. The van der Waals surface area contributed by atoms with Crippen LogP contribution < -0.4 is 15.5 Å². The molecule has 35 heavy (non-hydrogen) atoms. The Kier molecular flexibility index (Phi) is 7.39. The van der Waals surface area contributed by atoms with Crippen molar-refractivity contribution in [2.75, 3.05) is 11.4 Å². The lowest BCUT2D eigenvalue weighted by molar-refractivity contribution is -0.127. The fourth-order valence-electron chi connectivity index (χ4n) is 4.47. The quantitative estimate of drug-likeness (QED) is 0.502. The second-order valence-electron chi connectivity index (χ2n) is 8.98. The number of rotatable bonds is 8. The molecule has 8 nitrogen and oxygen atoms in total. The van der Waals surface area contributed by atoms with Gasteiger partial charge in [-0.3, -0.25) is 19.3 Å². The Bertz CT molecular complexity index is 1190. The van der Waals surface area contributed by atoms with Crippen LogP contribution in [0.3, 0.4) is 0 Å². The summed E-state index contributed by atoms with van der Waals surface area (Å²) in [6, 6.07) is 11.3. The van der Waals surface area contributed by atoms with E-state index < -0.39 is 17.9 Å². The molecule has 1 aliphatic rings. The van der Waals surface area contributed by atoms with Crippen molar-refractivity contribution in [2.45, 2.75) is 58.5 Å². The molecule has 2 N–H and O–H groups in total. The molecule has 2 aromatic heterocycles. The van der Waals surface area contributed by atoms with Gasteiger partial charge in [-0.1, -0.05) is 25.0 Å². The molecular formula is C27H31N3O5. The summed E-state index contributed by atoms with van der Waals surface area (Å²) in [5.74, 6) is -0.154. The van der Waals surface area contributed by atoms with Crippen LogP contribution in [0.4, 0.5) is 5.69 Å². The fourth-order valence-corrected chi connectivity index (χ4v) is 4.47. The van der Waals surface area contributed by atoms with E-state index in [2.05, 4.69) is 10.6 Å². The summed E-state index contributed by atoms with van der Waals surface area (Å²) in [4.78, 5) is 41.2. The van der Waals surface area contributed by atoms with Crippen LogP contribution in [-0.4, -0.2) is 30.3 Å². The van der Waals surface area contributed by atoms with Crippen molar-refractivity contribution in [3.05, 3.63) is 77.1 Å². The number of benzene rings is 1. The predicted octanol–water partition coefficient (Wildman–Crippen LogP) is 4.36. The Morgan fingerprint density at radius 2 is 1.80 bits per heavy atom. The van der Waals surface area contributed by atoms with Gasteiger partial charge in [0.2, 0.25) is 5.91 Å². The van der Waals surface area contributed by atoms with Gasteiger partial charge in [-0.25, -0.2) is 0 Å². The van der Waals surface area contributed by atoms with Gasteiger partial charge in [-0.05, 0) is 75.1 Å². The number of aryl methyl sites for hydroxylation is 2. The molecule has 4 rings (SSSR count). The maximum Gasteiger partial charge on any atom is 0.287 e. The zero-order valence-electron chi connectivity index (χ0n) is 20.3. The van der Waals surface area contributed by atoms with Gasteiger partial charge in [0.25, 0.3) is 11.8 Å². The summed E-state index contributed by atoms with van der Waals surface area (Å²) in [5.41, 5.74) is 2.42. The van der Waals surface area contributed by atoms with E-state index in [-0.39, 0.29) is 24.3 Å². The molecule has 0 unspecified atom stereocenters. The average molecular weight is 478 g/mol. The minimum atomic E-state index is -1.03. The maximum absolute atomic E-state index is 13.7. The molecule has 184 valence electrons. The van der Waals surface area contributed by atoms with Crippen LogP contribution in [0.15, 0.2) is 57.6 Å². The molecule has 1 aliphatic carbocycles. The van der Waals surface area contributed by atoms with E-state index in [4.69, 9.17) is 8.83 Å². The first kappa shape index (κ1) is 24.3. The number of carbonyl (C=O) groups is 3. The SMILES string of the molecule is Cc1ccc([C@H](C(=O)NC2CCCC2)N(C(=O)CNC(=O)c2ccco2)c2cccc(C)c2C)o1. The molecular weight excluding hydrogens is 446 g/mol. The van der Waals surface area contributed by atoms with E-state index in [1.165, 1.54) is 17.2 Å². The van der Waals surface area contributed by atoms with Crippen LogP contribution in [0.5, 0.6) is 0 Å². The van der Waals surface area contributed by atoms with Crippen LogP contribution in [0.25, 0.3) is 0 Å². The lowest BCUT2D eigenvalue weighted by atomic mass is 10.0. The van der Waals surface area contributed by atoms with Gasteiger partial charge in [0, 0.05) is 11.7 Å². The monoisotopic (exact) mass is 477 g/mol. The molecule has 2 heterocycles. The highest BCUT2D eigenvalue weighted by molar-refractivity contribution is 6.04. The summed E-state index contributed by atoms with van der Waals surface area (Å²) in [7, 11) is 0. The third-order valence-electron chi connectivity index (χ3n) is 6.49. The Hall–Kier alpha value is -3.81. The number of nitrogens with one attached hydrogen (secondary N) is 2. The highest BCUT2D eigenvalue weighted by atomic mass is 16.3. The number of hydrogen-bond acceptors (Lipinski definition) is 5. The first-order chi connectivity index (χ1) is 16.8. The number of carbonyl (C=O) groups excluding carboxylic acids is 3. The van der Waals surface area contributed by atoms with Gasteiger partial charge < -0.3 is 19.5 Å². The molecule has 1 atom stereocenters. The molecule has 8 heteroatoms. The molecule has 1 saturated carbocycles. The first-order valence-corrected chi connectivity index (χ1v) is 11.9. The third kappa shape index (κ3) is 5.48. The van der Waals surface area contributed by atoms with E-state index in [0.717, 1.165) is 36.8 Å². The number of hydrogen-bond donors (Lipinski definition) is 2. The topological polar surface area (TPSA) is 105 Å². The van der Waals surface area contributed by atoms with E-state index in [1.807, 2.05) is 26.0 Å². The van der Waals surface area contributed by atoms with Crippen LogP contribution >= 0.6 is 0 Å². The number of nitrogens with zero attached hydrogens (tertiary/aromatic N) is 1. The normalized spacial score (nSPS) is 14.5. The summed E-state index contributed by atoms with van der Waals surface area (Å²) < 4.78 is 11.0. The van der Waals surface area contributed by atoms with Gasteiger partial charge in [-0.15, -0.1) is 0 Å². The summed E-state index contributed by atoms with van der Waals surface area (Å²) in [5, 5.41) is 5.72. The van der Waals surface area contributed by atoms with Crippen molar-refractivity contribution in [2.24, 2.45) is 0 Å². The second kappa shape index (κ2) is 10.6. The molecule has 3 aromatic rings. The van der Waals surface area contributed by atoms with E-state index in [0.29, 0.717) is 17.2 Å². The smallest absolute Gasteiger partial charge is 0.287 e. The maximum atomic E-state index is 13.7. The van der Waals surface area contributed by atoms with Gasteiger partial charge in [0.1, 0.15) is 11.5 Å². The van der Waals surface area contributed by atoms with Gasteiger partial charge >= 0.3 is 0 Å². The fraction of sp³-hybridized carbons (Fsp3) is 0.370. The first-order valence-electron chi connectivity index (χ1n) is 11.9. The van der Waals surface area contributed by atoms with Crippen molar-refractivity contribution >= 4 is 23.4 Å². The van der Waals surface area contributed by atoms with E-state index in [1.54, 1.807) is 31.2 Å². The van der Waals surface area contributed by atoms with Crippen LogP contribution in [0, 0.1) is 20.8 Å². The Labute approximate surface area is 204 Å². The Morgan fingerprint density at radius 1 is 1.03 bits per heavy atom. The van der Waals surface area contributed by atoms with E-state index in [9.17, 15) is 14.4 Å². The zero-order chi connectivity index (χ0) is 24.9. The van der Waals surface area contributed by atoms with Crippen LogP contribution in [-0.2, 0) is 9.59 Å². The minimum Gasteiger partial charge on any atom is -0.464 e. The van der Waals surface area contributed by atoms with Crippen molar-refractivity contribution < 1.29 is 23.2 Å². The summed E-state index contributed by atoms with van der Waals surface area (Å²) in [6.07, 6.45) is 5.34. The van der Waals surface area contributed by atoms with Crippen molar-refractivity contribution in [3.8, 4) is 0 Å². The molecule has 3 amide bonds. The van der Waals surface area contributed by atoms with Crippen molar-refractivity contribution in [3.63, 3.8) is 0 Å². The summed E-state index contributed by atoms with van der Waals surface area (Å²) in [6.45, 7) is 5.33. The summed E-state index contributed by atoms with van der Waals surface area (Å²) >= 11 is 0. The lowest BCUT2D eigenvalue weighted by Gasteiger charge is -2.32. The number of amides is 3. The second-order valence-corrected chi connectivity index (χ2v) is 8.98. The van der Waals surface area contributed by atoms with Gasteiger partial charge in [-0.2, -0.15) is 0 Å². The average Bonchev–Trinajstić information content (AvgIpc) is 3.61. The Morgan fingerprint density at radius 3 is 2.46 bits per heavy atom. The molecule has 0 radical (unpaired) electrons. The van der Waals surface area contributed by atoms with E-state index >= 15 is 0 Å². The Balaban J connectivity index is 1.70. The number of anilines is 1. The number of furan rings is 2. The van der Waals surface area contributed by atoms with Crippen LogP contribution in [0.2, 0.25) is 0 Å². The largest absolute Gasteiger partial charge is 0.464 e. The molecule has 0 spiro atoms. The zero-order valence-corrected chi connectivity index (χ0v) is 20.3. The third-order valence-corrected chi connectivity index (χ3v) is 6.49. The molecule has 0 aliphatic heterocycles. The molecule has 1 aromatic carbocycles. The highest BCUT2D eigenvalue weighted by Gasteiger charge is 2.37. The lowest BCUT2D eigenvalue weighted by Crippen LogP contribution is -2.49. The van der Waals surface area contributed by atoms with Gasteiger partial charge in [0.15, 0.2) is 11.8 Å².